The number of benzene rings is 1. The Balaban J connectivity index is 1.43. The second-order valence-corrected chi connectivity index (χ2v) is 10.5. The van der Waals surface area contributed by atoms with Gasteiger partial charge in [0.2, 0.25) is 5.95 Å². The Morgan fingerprint density at radius 3 is 2.56 bits per heavy atom. The monoisotopic (exact) mass is 493 g/mol. The van der Waals surface area contributed by atoms with Crippen LogP contribution in [0.1, 0.15) is 47.0 Å². The fourth-order valence-electron chi connectivity index (χ4n) is 5.82. The molecule has 0 spiro atoms. The molecule has 0 amide bonds. The first-order chi connectivity index (χ1) is 17.2. The molecule has 1 aliphatic carbocycles. The van der Waals surface area contributed by atoms with E-state index in [1.54, 1.807) is 16.8 Å². The highest BCUT2D eigenvalue weighted by Crippen LogP contribution is 2.47. The Labute approximate surface area is 211 Å². The van der Waals surface area contributed by atoms with Crippen molar-refractivity contribution in [1.29, 1.82) is 0 Å². The van der Waals surface area contributed by atoms with E-state index in [1.807, 2.05) is 12.1 Å². The molecule has 8 nitrogen and oxygen atoms in total. The van der Waals surface area contributed by atoms with Gasteiger partial charge in [0, 0.05) is 49.5 Å². The number of anilines is 4. The summed E-state index contributed by atoms with van der Waals surface area (Å²) in [5, 5.41) is 3.85. The molecule has 2 fully saturated rings. The van der Waals surface area contributed by atoms with Crippen LogP contribution in [-0.4, -0.2) is 51.7 Å². The number of rotatable bonds is 6. The van der Waals surface area contributed by atoms with Crippen molar-refractivity contribution in [3.63, 3.8) is 0 Å². The van der Waals surface area contributed by atoms with Crippen LogP contribution in [0.15, 0.2) is 35.3 Å². The van der Waals surface area contributed by atoms with Crippen molar-refractivity contribution in [3.05, 3.63) is 46.6 Å². The van der Waals surface area contributed by atoms with Crippen molar-refractivity contribution < 1.29 is 4.39 Å². The molecule has 1 saturated carbocycles. The smallest absolute Gasteiger partial charge is 0.275 e. The van der Waals surface area contributed by atoms with Crippen LogP contribution >= 0.6 is 0 Å². The van der Waals surface area contributed by atoms with E-state index in [4.69, 9.17) is 10.7 Å². The average Bonchev–Trinajstić information content (AvgIpc) is 2.86. The Morgan fingerprint density at radius 1 is 1.22 bits per heavy atom. The third kappa shape index (κ3) is 4.09. The topological polar surface area (TPSA) is 92.3 Å². The van der Waals surface area contributed by atoms with Gasteiger partial charge in [0.25, 0.3) is 5.56 Å². The van der Waals surface area contributed by atoms with Gasteiger partial charge in [-0.2, -0.15) is 4.98 Å². The van der Waals surface area contributed by atoms with Crippen molar-refractivity contribution in [2.24, 2.45) is 5.92 Å². The lowest BCUT2D eigenvalue weighted by molar-refractivity contribution is 0.0522. The summed E-state index contributed by atoms with van der Waals surface area (Å²) in [4.78, 5) is 26.8. The highest BCUT2D eigenvalue weighted by Gasteiger charge is 2.46. The zero-order chi connectivity index (χ0) is 25.6. The van der Waals surface area contributed by atoms with E-state index in [2.05, 4.69) is 47.8 Å². The van der Waals surface area contributed by atoms with Crippen LogP contribution < -0.4 is 21.5 Å². The Hall–Kier alpha value is -3.20. The van der Waals surface area contributed by atoms with Gasteiger partial charge < -0.3 is 16.0 Å². The SMILES string of the molecule is CCC1(n2c(=O)c(N)cc3cnc(Nc4ccc(N5CCN(C(C)C)CC5)c(F)c4)nc32)CC[C@H]1C. The lowest BCUT2D eigenvalue weighted by atomic mass is 9.65. The molecule has 3 heterocycles. The first kappa shape index (κ1) is 24.5. The van der Waals surface area contributed by atoms with E-state index >= 15 is 4.39 Å². The zero-order valence-corrected chi connectivity index (χ0v) is 21.6. The lowest BCUT2D eigenvalue weighted by Gasteiger charge is -2.49. The van der Waals surface area contributed by atoms with Gasteiger partial charge in [-0.1, -0.05) is 13.8 Å². The number of nitrogens with one attached hydrogen (secondary N) is 1. The second-order valence-electron chi connectivity index (χ2n) is 10.5. The Kier molecular flexibility index (Phi) is 6.36. The number of nitrogens with two attached hydrogens (primary N) is 1. The van der Waals surface area contributed by atoms with Crippen LogP contribution in [0.2, 0.25) is 0 Å². The van der Waals surface area contributed by atoms with E-state index in [0.717, 1.165) is 45.4 Å². The third-order valence-corrected chi connectivity index (χ3v) is 8.34. The summed E-state index contributed by atoms with van der Waals surface area (Å²) in [6.07, 6.45) is 4.46. The van der Waals surface area contributed by atoms with Crippen molar-refractivity contribution in [3.8, 4) is 0 Å². The number of nitrogens with zero attached hydrogens (tertiary/aromatic N) is 5. The molecular formula is C27H36FN7O. The summed E-state index contributed by atoms with van der Waals surface area (Å²) < 4.78 is 16.9. The van der Waals surface area contributed by atoms with E-state index in [1.165, 1.54) is 6.07 Å². The van der Waals surface area contributed by atoms with Crippen LogP contribution in [0.5, 0.6) is 0 Å². The summed E-state index contributed by atoms with van der Waals surface area (Å²) in [6, 6.07) is 7.27. The van der Waals surface area contributed by atoms with Gasteiger partial charge in [0.05, 0.1) is 16.9 Å². The number of halogens is 1. The number of nitrogen functional groups attached to an aromatic ring is 1. The summed E-state index contributed by atoms with van der Waals surface area (Å²) >= 11 is 0. The average molecular weight is 494 g/mol. The maximum absolute atomic E-state index is 15.1. The standard InChI is InChI=1S/C27H36FN7O/c1-5-27(9-8-18(27)4)35-24-19(14-22(29)25(35)36)16-30-26(32-24)31-20-6-7-23(21(28)15-20)34-12-10-33(11-13-34)17(2)3/h6-7,14-18H,5,8-13,29H2,1-4H3,(H,30,31,32)/t18-,27?/m1/s1. The minimum atomic E-state index is -0.302. The molecular weight excluding hydrogens is 457 g/mol. The van der Waals surface area contributed by atoms with E-state index < -0.39 is 0 Å². The Bertz CT molecular complexity index is 1330. The fraction of sp³-hybridized carbons (Fsp3) is 0.519. The molecule has 0 bridgehead atoms. The highest BCUT2D eigenvalue weighted by molar-refractivity contribution is 5.79. The van der Waals surface area contributed by atoms with Crippen LogP contribution in [0.25, 0.3) is 11.0 Å². The maximum Gasteiger partial charge on any atom is 0.275 e. The maximum atomic E-state index is 15.1. The molecule has 3 N–H and O–H groups in total. The first-order valence-corrected chi connectivity index (χ1v) is 13.0. The number of pyridine rings is 1. The molecule has 3 aromatic rings. The molecule has 36 heavy (non-hydrogen) atoms. The number of piperazine rings is 1. The highest BCUT2D eigenvalue weighted by atomic mass is 19.1. The van der Waals surface area contributed by atoms with E-state index in [0.29, 0.717) is 40.3 Å². The summed E-state index contributed by atoms with van der Waals surface area (Å²) in [5.41, 5.74) is 7.49. The number of fused-ring (bicyclic) bond motifs is 1. The molecule has 2 aromatic heterocycles. The number of hydrogen-bond acceptors (Lipinski definition) is 7. The number of aromatic nitrogens is 3. The fourth-order valence-corrected chi connectivity index (χ4v) is 5.82. The molecule has 1 saturated heterocycles. The summed E-state index contributed by atoms with van der Waals surface area (Å²) in [5.74, 6) is 0.383. The molecule has 1 aliphatic heterocycles. The van der Waals surface area contributed by atoms with Crippen LogP contribution in [0.4, 0.5) is 27.4 Å². The quantitative estimate of drug-likeness (QED) is 0.528. The summed E-state index contributed by atoms with van der Waals surface area (Å²) in [6.45, 7) is 12.1. The molecule has 2 aliphatic rings. The van der Waals surface area contributed by atoms with Gasteiger partial charge in [0.1, 0.15) is 11.5 Å². The van der Waals surface area contributed by atoms with Crippen LogP contribution in [0.3, 0.4) is 0 Å². The first-order valence-electron chi connectivity index (χ1n) is 13.0. The molecule has 1 aromatic carbocycles. The molecule has 192 valence electrons. The van der Waals surface area contributed by atoms with Gasteiger partial charge in [-0.05, 0) is 63.3 Å². The van der Waals surface area contributed by atoms with Gasteiger partial charge in [-0.15, -0.1) is 0 Å². The molecule has 9 heteroatoms. The predicted molar refractivity (Wildman–Crippen MR) is 143 cm³/mol. The second kappa shape index (κ2) is 9.35. The Morgan fingerprint density at radius 2 is 1.97 bits per heavy atom. The van der Waals surface area contributed by atoms with Gasteiger partial charge >= 0.3 is 0 Å². The van der Waals surface area contributed by atoms with Crippen molar-refractivity contribution in [2.45, 2.75) is 58.5 Å². The minimum Gasteiger partial charge on any atom is -0.394 e. The van der Waals surface area contributed by atoms with Crippen LogP contribution in [0, 0.1) is 11.7 Å². The van der Waals surface area contributed by atoms with Gasteiger partial charge in [0.15, 0.2) is 0 Å². The zero-order valence-electron chi connectivity index (χ0n) is 21.6. The van der Waals surface area contributed by atoms with Crippen LogP contribution in [-0.2, 0) is 5.54 Å². The van der Waals surface area contributed by atoms with Crippen molar-refractivity contribution in [2.75, 3.05) is 42.1 Å². The predicted octanol–water partition coefficient (Wildman–Crippen LogP) is 4.32. The van der Waals surface area contributed by atoms with Crippen molar-refractivity contribution >= 4 is 34.0 Å². The lowest BCUT2D eigenvalue weighted by Crippen LogP contribution is -2.52. The molecule has 5 rings (SSSR count). The third-order valence-electron chi connectivity index (χ3n) is 8.34. The molecule has 1 unspecified atom stereocenters. The largest absolute Gasteiger partial charge is 0.394 e. The van der Waals surface area contributed by atoms with E-state index in [9.17, 15) is 4.79 Å². The number of hydrogen-bond donors (Lipinski definition) is 2. The normalized spacial score (nSPS) is 22.7. The molecule has 2 atom stereocenters. The minimum absolute atomic E-state index is 0.200. The van der Waals surface area contributed by atoms with E-state index in [-0.39, 0.29) is 22.6 Å². The van der Waals surface area contributed by atoms with Gasteiger partial charge in [-0.25, -0.2) is 9.37 Å². The van der Waals surface area contributed by atoms with Crippen molar-refractivity contribution in [1.82, 2.24) is 19.4 Å². The van der Waals surface area contributed by atoms with Gasteiger partial charge in [-0.3, -0.25) is 14.3 Å². The summed E-state index contributed by atoms with van der Waals surface area (Å²) in [7, 11) is 0. The molecule has 0 radical (unpaired) electrons.